The van der Waals surface area contributed by atoms with Crippen LogP contribution in [0.2, 0.25) is 0 Å². The van der Waals surface area contributed by atoms with Gasteiger partial charge in [0.25, 0.3) is 5.91 Å². The Morgan fingerprint density at radius 3 is 2.88 bits per heavy atom. The van der Waals surface area contributed by atoms with Crippen molar-refractivity contribution in [1.82, 2.24) is 20.7 Å². The molecule has 0 bridgehead atoms. The minimum Gasteiger partial charge on any atom is -0.360 e. The Hall–Kier alpha value is -2.31. The number of H-pyrrole nitrogens is 1. The molecule has 0 radical (unpaired) electrons. The van der Waals surface area contributed by atoms with Crippen LogP contribution in [0.15, 0.2) is 10.6 Å². The van der Waals surface area contributed by atoms with E-state index in [-0.39, 0.29) is 11.9 Å². The fourth-order valence-corrected chi connectivity index (χ4v) is 3.64. The summed E-state index contributed by atoms with van der Waals surface area (Å²) < 4.78 is 5.34. The summed E-state index contributed by atoms with van der Waals surface area (Å²) in [6.45, 7) is 3.79. The molecule has 1 saturated heterocycles. The van der Waals surface area contributed by atoms with E-state index in [9.17, 15) is 4.79 Å². The molecular formula is C17H23N5O2. The number of aryl methyl sites for hydroxylation is 2. The van der Waals surface area contributed by atoms with Gasteiger partial charge in [-0.1, -0.05) is 5.16 Å². The van der Waals surface area contributed by atoms with E-state index < -0.39 is 0 Å². The van der Waals surface area contributed by atoms with Crippen molar-refractivity contribution in [2.24, 2.45) is 0 Å². The van der Waals surface area contributed by atoms with Crippen LogP contribution in [0.1, 0.15) is 53.2 Å². The third-order valence-electron chi connectivity index (χ3n) is 5.01. The van der Waals surface area contributed by atoms with Crippen LogP contribution in [0.25, 0.3) is 0 Å². The summed E-state index contributed by atoms with van der Waals surface area (Å²) in [6, 6.07) is 2.24. The van der Waals surface area contributed by atoms with E-state index in [0.717, 1.165) is 74.4 Å². The standard InChI is InChI=1S/C17H23N5O2/c1-11-10-15(20-19-11)22-8-6-12(7-9-22)18-17(23)16-13-4-2-3-5-14(13)24-21-16/h10,12H,2-9H2,1H3,(H,18,23)(H,19,20). The zero-order valence-corrected chi connectivity index (χ0v) is 14.0. The molecule has 1 aliphatic heterocycles. The molecule has 24 heavy (non-hydrogen) atoms. The third kappa shape index (κ3) is 2.90. The lowest BCUT2D eigenvalue weighted by atomic mass is 9.96. The maximum Gasteiger partial charge on any atom is 0.273 e. The predicted molar refractivity (Wildman–Crippen MR) is 89.2 cm³/mol. The zero-order valence-electron chi connectivity index (χ0n) is 14.0. The Morgan fingerprint density at radius 1 is 1.33 bits per heavy atom. The number of fused-ring (bicyclic) bond motifs is 1. The van der Waals surface area contributed by atoms with Gasteiger partial charge in [0.05, 0.1) is 0 Å². The number of piperidine rings is 1. The van der Waals surface area contributed by atoms with Crippen LogP contribution in [0.4, 0.5) is 5.82 Å². The molecule has 4 rings (SSSR count). The van der Waals surface area contributed by atoms with Gasteiger partial charge in [0.15, 0.2) is 11.5 Å². The van der Waals surface area contributed by atoms with Gasteiger partial charge < -0.3 is 14.7 Å². The highest BCUT2D eigenvalue weighted by Gasteiger charge is 2.27. The van der Waals surface area contributed by atoms with Gasteiger partial charge >= 0.3 is 0 Å². The van der Waals surface area contributed by atoms with Gasteiger partial charge in [-0.15, -0.1) is 0 Å². The van der Waals surface area contributed by atoms with Crippen molar-refractivity contribution >= 4 is 11.7 Å². The largest absolute Gasteiger partial charge is 0.360 e. The number of anilines is 1. The number of amides is 1. The number of nitrogens with one attached hydrogen (secondary N) is 2. The van der Waals surface area contributed by atoms with Crippen molar-refractivity contribution < 1.29 is 9.32 Å². The smallest absolute Gasteiger partial charge is 0.273 e. The Bertz CT molecular complexity index is 727. The molecule has 0 unspecified atom stereocenters. The van der Waals surface area contributed by atoms with E-state index in [0.29, 0.717) is 5.69 Å². The van der Waals surface area contributed by atoms with Crippen LogP contribution in [-0.4, -0.2) is 40.4 Å². The average molecular weight is 329 g/mol. The number of aromatic amines is 1. The van der Waals surface area contributed by atoms with E-state index in [1.54, 1.807) is 0 Å². The number of hydrogen-bond donors (Lipinski definition) is 2. The summed E-state index contributed by atoms with van der Waals surface area (Å²) in [5.41, 5.74) is 2.58. The van der Waals surface area contributed by atoms with E-state index in [4.69, 9.17) is 4.52 Å². The van der Waals surface area contributed by atoms with Crippen LogP contribution in [0.3, 0.4) is 0 Å². The molecule has 0 spiro atoms. The Morgan fingerprint density at radius 2 is 2.12 bits per heavy atom. The fourth-order valence-electron chi connectivity index (χ4n) is 3.64. The van der Waals surface area contributed by atoms with Crippen molar-refractivity contribution in [3.63, 3.8) is 0 Å². The molecule has 1 amide bonds. The molecule has 128 valence electrons. The first-order valence-electron chi connectivity index (χ1n) is 8.76. The van der Waals surface area contributed by atoms with E-state index >= 15 is 0 Å². The topological polar surface area (TPSA) is 87.1 Å². The molecule has 0 saturated carbocycles. The summed E-state index contributed by atoms with van der Waals surface area (Å²) in [4.78, 5) is 14.8. The molecule has 2 aromatic rings. The zero-order chi connectivity index (χ0) is 16.5. The SMILES string of the molecule is Cc1cc(N2CCC(NC(=O)c3noc4c3CCCC4)CC2)n[nH]1. The van der Waals surface area contributed by atoms with Gasteiger partial charge in [-0.3, -0.25) is 9.89 Å². The first-order valence-corrected chi connectivity index (χ1v) is 8.76. The lowest BCUT2D eigenvalue weighted by Gasteiger charge is -2.32. The maximum absolute atomic E-state index is 12.5. The van der Waals surface area contributed by atoms with Crippen molar-refractivity contribution in [3.05, 3.63) is 28.8 Å². The number of aromatic nitrogens is 3. The van der Waals surface area contributed by atoms with Crippen LogP contribution < -0.4 is 10.2 Å². The second-order valence-electron chi connectivity index (χ2n) is 6.78. The number of rotatable bonds is 3. The van der Waals surface area contributed by atoms with Gasteiger partial charge in [-0.25, -0.2) is 0 Å². The second-order valence-corrected chi connectivity index (χ2v) is 6.78. The highest BCUT2D eigenvalue weighted by atomic mass is 16.5. The number of hydrogen-bond acceptors (Lipinski definition) is 5. The lowest BCUT2D eigenvalue weighted by molar-refractivity contribution is 0.0921. The molecule has 0 aromatic carbocycles. The fraction of sp³-hybridized carbons (Fsp3) is 0.588. The number of carbonyl (C=O) groups excluding carboxylic acids is 1. The van der Waals surface area contributed by atoms with Gasteiger partial charge in [-0.05, 0) is 39.0 Å². The Labute approximate surface area is 140 Å². The average Bonchev–Trinajstić information content (AvgIpc) is 3.22. The Kier molecular flexibility index (Phi) is 4.00. The summed E-state index contributed by atoms with van der Waals surface area (Å²) >= 11 is 0. The predicted octanol–water partition coefficient (Wildman–Crippen LogP) is 1.98. The number of nitrogens with zero attached hydrogens (tertiary/aromatic N) is 3. The van der Waals surface area contributed by atoms with Crippen molar-refractivity contribution in [2.45, 2.75) is 51.5 Å². The minimum atomic E-state index is -0.0871. The highest BCUT2D eigenvalue weighted by molar-refractivity contribution is 5.94. The monoisotopic (exact) mass is 329 g/mol. The lowest BCUT2D eigenvalue weighted by Crippen LogP contribution is -2.45. The molecule has 7 nitrogen and oxygen atoms in total. The molecule has 7 heteroatoms. The third-order valence-corrected chi connectivity index (χ3v) is 5.01. The molecule has 1 fully saturated rings. The van der Waals surface area contributed by atoms with Gasteiger partial charge in [0.2, 0.25) is 0 Å². The van der Waals surface area contributed by atoms with Crippen LogP contribution in [-0.2, 0) is 12.8 Å². The van der Waals surface area contributed by atoms with Crippen molar-refractivity contribution in [3.8, 4) is 0 Å². The number of carbonyl (C=O) groups is 1. The molecule has 1 aliphatic carbocycles. The molecule has 2 N–H and O–H groups in total. The summed E-state index contributed by atoms with van der Waals surface area (Å²) in [5, 5.41) is 14.4. The van der Waals surface area contributed by atoms with E-state index in [1.807, 2.05) is 6.92 Å². The van der Waals surface area contributed by atoms with Crippen molar-refractivity contribution in [1.29, 1.82) is 0 Å². The second kappa shape index (κ2) is 6.30. The molecule has 3 heterocycles. The summed E-state index contributed by atoms with van der Waals surface area (Å²) in [6.07, 6.45) is 5.86. The summed E-state index contributed by atoms with van der Waals surface area (Å²) in [5.74, 6) is 1.80. The minimum absolute atomic E-state index is 0.0871. The molecule has 0 atom stereocenters. The van der Waals surface area contributed by atoms with Gasteiger partial charge in [0.1, 0.15) is 5.76 Å². The van der Waals surface area contributed by atoms with E-state index in [1.165, 1.54) is 0 Å². The van der Waals surface area contributed by atoms with Gasteiger partial charge in [-0.2, -0.15) is 5.10 Å². The van der Waals surface area contributed by atoms with Crippen LogP contribution in [0.5, 0.6) is 0 Å². The highest BCUT2D eigenvalue weighted by Crippen LogP contribution is 2.24. The maximum atomic E-state index is 12.5. The van der Waals surface area contributed by atoms with E-state index in [2.05, 4.69) is 31.6 Å². The van der Waals surface area contributed by atoms with Crippen LogP contribution >= 0.6 is 0 Å². The Balaban J connectivity index is 1.35. The van der Waals surface area contributed by atoms with Crippen LogP contribution in [0, 0.1) is 6.92 Å². The molecular weight excluding hydrogens is 306 g/mol. The van der Waals surface area contributed by atoms with Crippen molar-refractivity contribution in [2.75, 3.05) is 18.0 Å². The first kappa shape index (κ1) is 15.2. The normalized spacial score (nSPS) is 18.5. The first-order chi connectivity index (χ1) is 11.7. The molecule has 2 aromatic heterocycles. The van der Waals surface area contributed by atoms with Gasteiger partial charge in [0, 0.05) is 42.9 Å². The quantitative estimate of drug-likeness (QED) is 0.899. The summed E-state index contributed by atoms with van der Waals surface area (Å²) in [7, 11) is 0. The molecule has 2 aliphatic rings.